The van der Waals surface area contributed by atoms with Crippen molar-refractivity contribution >= 4 is 11.8 Å². The maximum atomic E-state index is 5.77. The minimum atomic E-state index is 0.660. The first kappa shape index (κ1) is 12.0. The van der Waals surface area contributed by atoms with Crippen LogP contribution in [0.25, 0.3) is 0 Å². The molecule has 1 nitrogen and oxygen atoms in total. The average molecular weight is 235 g/mol. The SMILES string of the molecule is Cc1ccc(CN)c(SCC2CCCC2)c1. The van der Waals surface area contributed by atoms with Crippen LogP contribution in [0.1, 0.15) is 36.8 Å². The zero-order valence-electron chi connectivity index (χ0n) is 10.0. The third-order valence-corrected chi connectivity index (χ3v) is 4.72. The standard InChI is InChI=1S/C14H21NS/c1-11-6-7-13(9-15)14(8-11)16-10-12-4-2-3-5-12/h6-8,12H,2-5,9-10,15H2,1H3. The van der Waals surface area contributed by atoms with E-state index in [2.05, 4.69) is 25.1 Å². The van der Waals surface area contributed by atoms with Crippen molar-refractivity contribution in [3.05, 3.63) is 29.3 Å². The molecule has 1 aliphatic rings. The van der Waals surface area contributed by atoms with Crippen LogP contribution in [-0.4, -0.2) is 5.75 Å². The largest absolute Gasteiger partial charge is 0.326 e. The molecule has 0 saturated heterocycles. The van der Waals surface area contributed by atoms with E-state index in [1.807, 2.05) is 11.8 Å². The van der Waals surface area contributed by atoms with Gasteiger partial charge in [0, 0.05) is 17.2 Å². The van der Waals surface area contributed by atoms with Crippen molar-refractivity contribution in [2.45, 2.75) is 44.0 Å². The van der Waals surface area contributed by atoms with E-state index in [9.17, 15) is 0 Å². The summed E-state index contributed by atoms with van der Waals surface area (Å²) in [5.74, 6) is 2.22. The highest BCUT2D eigenvalue weighted by atomic mass is 32.2. The summed E-state index contributed by atoms with van der Waals surface area (Å²) in [5, 5.41) is 0. The molecule has 0 heterocycles. The molecule has 0 spiro atoms. The summed E-state index contributed by atoms with van der Waals surface area (Å²) in [5.41, 5.74) is 8.41. The van der Waals surface area contributed by atoms with E-state index in [-0.39, 0.29) is 0 Å². The van der Waals surface area contributed by atoms with Gasteiger partial charge in [0.25, 0.3) is 0 Å². The van der Waals surface area contributed by atoms with Gasteiger partial charge in [-0.1, -0.05) is 25.0 Å². The molecule has 88 valence electrons. The molecule has 2 heteroatoms. The Morgan fingerprint density at radius 1 is 1.31 bits per heavy atom. The second-order valence-electron chi connectivity index (χ2n) is 4.78. The van der Waals surface area contributed by atoms with E-state index in [4.69, 9.17) is 5.73 Å². The summed E-state index contributed by atoms with van der Waals surface area (Å²) in [7, 11) is 0. The number of hydrogen-bond donors (Lipinski definition) is 1. The molecule has 0 unspecified atom stereocenters. The van der Waals surface area contributed by atoms with Crippen molar-refractivity contribution in [1.29, 1.82) is 0 Å². The van der Waals surface area contributed by atoms with Crippen LogP contribution in [0.5, 0.6) is 0 Å². The quantitative estimate of drug-likeness (QED) is 0.805. The van der Waals surface area contributed by atoms with E-state index < -0.39 is 0 Å². The molecule has 1 saturated carbocycles. The van der Waals surface area contributed by atoms with Gasteiger partial charge in [-0.25, -0.2) is 0 Å². The van der Waals surface area contributed by atoms with E-state index in [1.165, 1.54) is 47.5 Å². The van der Waals surface area contributed by atoms with Gasteiger partial charge < -0.3 is 5.73 Å². The fourth-order valence-electron chi connectivity index (χ4n) is 2.35. The molecular formula is C14H21NS. The molecule has 2 N–H and O–H groups in total. The van der Waals surface area contributed by atoms with Crippen LogP contribution in [0, 0.1) is 12.8 Å². The molecule has 0 amide bonds. The molecule has 0 atom stereocenters. The topological polar surface area (TPSA) is 26.0 Å². The van der Waals surface area contributed by atoms with Crippen LogP contribution in [0.4, 0.5) is 0 Å². The lowest BCUT2D eigenvalue weighted by Crippen LogP contribution is -2.01. The third-order valence-electron chi connectivity index (χ3n) is 3.39. The number of nitrogens with two attached hydrogens (primary N) is 1. The Labute approximate surface area is 103 Å². The Balaban J connectivity index is 1.98. The van der Waals surface area contributed by atoms with Crippen molar-refractivity contribution in [1.82, 2.24) is 0 Å². The molecule has 0 bridgehead atoms. The Kier molecular flexibility index (Phi) is 4.30. The zero-order chi connectivity index (χ0) is 11.4. The predicted octanol–water partition coefficient (Wildman–Crippen LogP) is 3.74. The minimum Gasteiger partial charge on any atom is -0.326 e. The van der Waals surface area contributed by atoms with Crippen LogP contribution in [0.3, 0.4) is 0 Å². The Bertz CT molecular complexity index is 343. The second-order valence-corrected chi connectivity index (χ2v) is 5.84. The zero-order valence-corrected chi connectivity index (χ0v) is 10.9. The van der Waals surface area contributed by atoms with Gasteiger partial charge in [-0.3, -0.25) is 0 Å². The molecule has 0 aliphatic heterocycles. The maximum absolute atomic E-state index is 5.77. The number of hydrogen-bond acceptors (Lipinski definition) is 2. The summed E-state index contributed by atoms with van der Waals surface area (Å²) in [6, 6.07) is 6.61. The lowest BCUT2D eigenvalue weighted by atomic mass is 10.1. The Hall–Kier alpha value is -0.470. The van der Waals surface area contributed by atoms with Crippen LogP contribution in [0.2, 0.25) is 0 Å². The third kappa shape index (κ3) is 3.02. The van der Waals surface area contributed by atoms with E-state index in [1.54, 1.807) is 0 Å². The highest BCUT2D eigenvalue weighted by Gasteiger charge is 2.15. The van der Waals surface area contributed by atoms with Gasteiger partial charge in [0.15, 0.2) is 0 Å². The number of aryl methyl sites for hydroxylation is 1. The Morgan fingerprint density at radius 2 is 2.06 bits per heavy atom. The lowest BCUT2D eigenvalue weighted by molar-refractivity contribution is 0.623. The summed E-state index contributed by atoms with van der Waals surface area (Å²) in [4.78, 5) is 1.40. The van der Waals surface area contributed by atoms with Gasteiger partial charge in [-0.2, -0.15) is 0 Å². The molecule has 1 aromatic rings. The van der Waals surface area contributed by atoms with Gasteiger partial charge in [0.2, 0.25) is 0 Å². The van der Waals surface area contributed by atoms with E-state index >= 15 is 0 Å². The molecule has 1 aliphatic carbocycles. The molecular weight excluding hydrogens is 214 g/mol. The summed E-state index contributed by atoms with van der Waals surface area (Å²) in [6.07, 6.45) is 5.72. The number of benzene rings is 1. The smallest absolute Gasteiger partial charge is 0.0189 e. The number of rotatable bonds is 4. The van der Waals surface area contributed by atoms with Crippen LogP contribution < -0.4 is 5.73 Å². The lowest BCUT2D eigenvalue weighted by Gasteiger charge is -2.12. The molecule has 1 fully saturated rings. The van der Waals surface area contributed by atoms with Crippen molar-refractivity contribution < 1.29 is 0 Å². The number of thioether (sulfide) groups is 1. The maximum Gasteiger partial charge on any atom is 0.0189 e. The monoisotopic (exact) mass is 235 g/mol. The van der Waals surface area contributed by atoms with Gasteiger partial charge in [-0.05, 0) is 42.9 Å². The average Bonchev–Trinajstić information content (AvgIpc) is 2.79. The first-order chi connectivity index (χ1) is 7.79. The van der Waals surface area contributed by atoms with Gasteiger partial charge in [-0.15, -0.1) is 11.8 Å². The van der Waals surface area contributed by atoms with Crippen molar-refractivity contribution in [2.24, 2.45) is 11.7 Å². The van der Waals surface area contributed by atoms with Crippen molar-refractivity contribution in [2.75, 3.05) is 5.75 Å². The minimum absolute atomic E-state index is 0.660. The molecule has 0 aromatic heterocycles. The summed E-state index contributed by atoms with van der Waals surface area (Å²) in [6.45, 7) is 2.81. The second kappa shape index (κ2) is 5.74. The van der Waals surface area contributed by atoms with E-state index in [0.29, 0.717) is 6.54 Å². The Morgan fingerprint density at radius 3 is 2.75 bits per heavy atom. The predicted molar refractivity (Wildman–Crippen MR) is 71.8 cm³/mol. The fraction of sp³-hybridized carbons (Fsp3) is 0.571. The molecule has 16 heavy (non-hydrogen) atoms. The van der Waals surface area contributed by atoms with Crippen LogP contribution in [0.15, 0.2) is 23.1 Å². The molecule has 2 rings (SSSR count). The van der Waals surface area contributed by atoms with Crippen LogP contribution in [-0.2, 0) is 6.54 Å². The van der Waals surface area contributed by atoms with E-state index in [0.717, 1.165) is 5.92 Å². The van der Waals surface area contributed by atoms with Gasteiger partial charge >= 0.3 is 0 Å². The first-order valence-corrected chi connectivity index (χ1v) is 7.20. The molecule has 0 radical (unpaired) electrons. The van der Waals surface area contributed by atoms with Gasteiger partial charge in [0.1, 0.15) is 0 Å². The highest BCUT2D eigenvalue weighted by Crippen LogP contribution is 2.32. The normalized spacial score (nSPS) is 16.9. The highest BCUT2D eigenvalue weighted by molar-refractivity contribution is 7.99. The first-order valence-electron chi connectivity index (χ1n) is 6.22. The van der Waals surface area contributed by atoms with Crippen molar-refractivity contribution in [3.8, 4) is 0 Å². The summed E-state index contributed by atoms with van der Waals surface area (Å²) < 4.78 is 0. The fourth-order valence-corrected chi connectivity index (χ4v) is 3.70. The summed E-state index contributed by atoms with van der Waals surface area (Å²) >= 11 is 2.00. The molecule has 1 aromatic carbocycles. The van der Waals surface area contributed by atoms with Gasteiger partial charge in [0.05, 0.1) is 0 Å². The van der Waals surface area contributed by atoms with Crippen LogP contribution >= 0.6 is 11.8 Å². The van der Waals surface area contributed by atoms with Crippen molar-refractivity contribution in [3.63, 3.8) is 0 Å².